The quantitative estimate of drug-likeness (QED) is 0.729. The summed E-state index contributed by atoms with van der Waals surface area (Å²) in [4.78, 5) is 0. The van der Waals surface area contributed by atoms with Crippen molar-refractivity contribution in [3.63, 3.8) is 0 Å². The molecule has 2 heteroatoms. The molecule has 0 unspecified atom stereocenters. The molecule has 1 aromatic carbocycles. The van der Waals surface area contributed by atoms with Gasteiger partial charge in [0.25, 0.3) is 0 Å². The molecule has 0 spiro atoms. The lowest BCUT2D eigenvalue weighted by Gasteiger charge is -2.31. The monoisotopic (exact) mass is 284 g/mol. The Morgan fingerprint density at radius 1 is 0.938 bits per heavy atom. The van der Waals surface area contributed by atoms with Crippen LogP contribution in [-0.4, -0.2) is 5.11 Å². The van der Waals surface area contributed by atoms with Crippen LogP contribution in [0.1, 0.15) is 52.7 Å². The van der Waals surface area contributed by atoms with E-state index < -0.39 is 0 Å². The fraction of sp³-hybridized carbons (Fsp3) is 0.571. The van der Waals surface area contributed by atoms with Crippen molar-refractivity contribution >= 4 is 15.9 Å². The van der Waals surface area contributed by atoms with Gasteiger partial charge in [-0.1, -0.05) is 47.6 Å². The third kappa shape index (κ3) is 2.60. The molecular formula is C14H21BrO. The van der Waals surface area contributed by atoms with E-state index in [1.807, 2.05) is 6.07 Å². The van der Waals surface area contributed by atoms with Gasteiger partial charge in [-0.25, -0.2) is 0 Å². The van der Waals surface area contributed by atoms with Gasteiger partial charge >= 0.3 is 0 Å². The first kappa shape index (κ1) is 13.6. The number of phenolic OH excluding ortho intramolecular Hbond substituents is 1. The molecule has 0 bridgehead atoms. The SMILES string of the molecule is CC(C)(C)c1ccc(Br)c(O)c1C(C)(C)C. The first-order chi connectivity index (χ1) is 7.05. The average molecular weight is 285 g/mol. The molecule has 0 radical (unpaired) electrons. The Hall–Kier alpha value is -0.500. The van der Waals surface area contributed by atoms with Crippen molar-refractivity contribution in [3.8, 4) is 5.75 Å². The minimum absolute atomic E-state index is 0.0425. The Labute approximate surface area is 107 Å². The second kappa shape index (κ2) is 4.06. The predicted octanol–water partition coefficient (Wildman–Crippen LogP) is 4.75. The maximum absolute atomic E-state index is 10.2. The summed E-state index contributed by atoms with van der Waals surface area (Å²) in [7, 11) is 0. The number of aromatic hydroxyl groups is 1. The Morgan fingerprint density at radius 2 is 1.44 bits per heavy atom. The Bertz CT molecular complexity index is 394. The summed E-state index contributed by atoms with van der Waals surface area (Å²) >= 11 is 3.39. The summed E-state index contributed by atoms with van der Waals surface area (Å²) < 4.78 is 0.769. The van der Waals surface area contributed by atoms with Gasteiger partial charge in [-0.05, 0) is 38.4 Å². The van der Waals surface area contributed by atoms with E-state index in [9.17, 15) is 5.11 Å². The molecule has 16 heavy (non-hydrogen) atoms. The Balaban J connectivity index is 3.59. The molecule has 0 aliphatic rings. The van der Waals surface area contributed by atoms with Crippen LogP contribution in [0.25, 0.3) is 0 Å². The second-order valence-corrected chi connectivity index (χ2v) is 7.17. The number of benzene rings is 1. The molecule has 1 nitrogen and oxygen atoms in total. The van der Waals surface area contributed by atoms with E-state index in [-0.39, 0.29) is 10.8 Å². The van der Waals surface area contributed by atoms with Crippen LogP contribution < -0.4 is 0 Å². The van der Waals surface area contributed by atoms with Crippen LogP contribution in [0.15, 0.2) is 16.6 Å². The van der Waals surface area contributed by atoms with Crippen molar-refractivity contribution in [3.05, 3.63) is 27.7 Å². The molecule has 0 saturated heterocycles. The summed E-state index contributed by atoms with van der Waals surface area (Å²) in [5.41, 5.74) is 2.23. The van der Waals surface area contributed by atoms with Crippen LogP contribution in [0.4, 0.5) is 0 Å². The molecule has 0 fully saturated rings. The summed E-state index contributed by atoms with van der Waals surface area (Å²) in [6, 6.07) is 4.02. The highest BCUT2D eigenvalue weighted by molar-refractivity contribution is 9.10. The van der Waals surface area contributed by atoms with Crippen LogP contribution in [0.5, 0.6) is 5.75 Å². The molecule has 1 aromatic rings. The molecule has 0 heterocycles. The third-order valence-corrected chi connectivity index (χ3v) is 3.33. The second-order valence-electron chi connectivity index (χ2n) is 6.32. The van der Waals surface area contributed by atoms with Gasteiger partial charge in [0, 0.05) is 5.56 Å². The minimum atomic E-state index is -0.0591. The van der Waals surface area contributed by atoms with Gasteiger partial charge in [0.2, 0.25) is 0 Å². The minimum Gasteiger partial charge on any atom is -0.506 e. The molecule has 1 rings (SSSR count). The number of halogens is 1. The van der Waals surface area contributed by atoms with Crippen LogP contribution in [-0.2, 0) is 10.8 Å². The highest BCUT2D eigenvalue weighted by Gasteiger charge is 2.28. The average Bonchev–Trinajstić information content (AvgIpc) is 2.05. The van der Waals surface area contributed by atoms with E-state index in [1.165, 1.54) is 5.56 Å². The summed E-state index contributed by atoms with van der Waals surface area (Å²) in [6.45, 7) is 12.9. The highest BCUT2D eigenvalue weighted by Crippen LogP contribution is 2.42. The highest BCUT2D eigenvalue weighted by atomic mass is 79.9. The number of rotatable bonds is 0. The van der Waals surface area contributed by atoms with Gasteiger partial charge in [0.05, 0.1) is 4.47 Å². The molecule has 1 N–H and O–H groups in total. The molecule has 0 aliphatic heterocycles. The molecule has 0 aromatic heterocycles. The van der Waals surface area contributed by atoms with E-state index in [4.69, 9.17) is 0 Å². The Kier molecular flexibility index (Phi) is 3.45. The maximum atomic E-state index is 10.2. The predicted molar refractivity (Wildman–Crippen MR) is 73.2 cm³/mol. The lowest BCUT2D eigenvalue weighted by atomic mass is 9.75. The number of hydrogen-bond acceptors (Lipinski definition) is 1. The smallest absolute Gasteiger partial charge is 0.133 e. The topological polar surface area (TPSA) is 20.2 Å². The third-order valence-electron chi connectivity index (χ3n) is 2.69. The molecule has 0 amide bonds. The first-order valence-electron chi connectivity index (χ1n) is 5.57. The van der Waals surface area contributed by atoms with Gasteiger partial charge in [-0.15, -0.1) is 0 Å². The lowest BCUT2D eigenvalue weighted by molar-refractivity contribution is 0.432. The molecule has 0 saturated carbocycles. The fourth-order valence-electron chi connectivity index (χ4n) is 1.95. The zero-order valence-electron chi connectivity index (χ0n) is 11.0. The zero-order valence-corrected chi connectivity index (χ0v) is 12.6. The van der Waals surface area contributed by atoms with Gasteiger partial charge in [0.15, 0.2) is 0 Å². The standard InChI is InChI=1S/C14H21BrO/c1-13(2,3)9-7-8-10(15)12(16)11(9)14(4,5)6/h7-8,16H,1-6H3. The van der Waals surface area contributed by atoms with Crippen molar-refractivity contribution in [1.82, 2.24) is 0 Å². The molecule has 0 atom stereocenters. The van der Waals surface area contributed by atoms with Crippen LogP contribution >= 0.6 is 15.9 Å². The largest absolute Gasteiger partial charge is 0.506 e. The summed E-state index contributed by atoms with van der Waals surface area (Å²) in [6.07, 6.45) is 0. The normalized spacial score (nSPS) is 12.9. The van der Waals surface area contributed by atoms with E-state index in [0.717, 1.165) is 10.0 Å². The Morgan fingerprint density at radius 3 is 1.81 bits per heavy atom. The van der Waals surface area contributed by atoms with E-state index in [2.05, 4.69) is 63.5 Å². The fourth-order valence-corrected chi connectivity index (χ4v) is 2.28. The van der Waals surface area contributed by atoms with Crippen molar-refractivity contribution in [2.75, 3.05) is 0 Å². The number of phenols is 1. The molecule has 90 valence electrons. The molecular weight excluding hydrogens is 264 g/mol. The molecule has 0 aliphatic carbocycles. The van der Waals surface area contributed by atoms with Crippen LogP contribution in [0.2, 0.25) is 0 Å². The van der Waals surface area contributed by atoms with Gasteiger partial charge < -0.3 is 5.11 Å². The summed E-state index contributed by atoms with van der Waals surface area (Å²) in [5.74, 6) is 0.375. The van der Waals surface area contributed by atoms with Crippen molar-refractivity contribution < 1.29 is 5.11 Å². The zero-order chi connectivity index (χ0) is 12.7. The van der Waals surface area contributed by atoms with Gasteiger partial charge in [-0.3, -0.25) is 0 Å². The van der Waals surface area contributed by atoms with Gasteiger partial charge in [0.1, 0.15) is 5.75 Å². The van der Waals surface area contributed by atoms with Crippen LogP contribution in [0.3, 0.4) is 0 Å². The maximum Gasteiger partial charge on any atom is 0.133 e. The lowest BCUT2D eigenvalue weighted by Crippen LogP contribution is -2.22. The van der Waals surface area contributed by atoms with E-state index in [0.29, 0.717) is 5.75 Å². The van der Waals surface area contributed by atoms with Crippen molar-refractivity contribution in [2.24, 2.45) is 0 Å². The first-order valence-corrected chi connectivity index (χ1v) is 6.37. The van der Waals surface area contributed by atoms with Crippen molar-refractivity contribution in [2.45, 2.75) is 52.4 Å². The van der Waals surface area contributed by atoms with Crippen molar-refractivity contribution in [1.29, 1.82) is 0 Å². The van der Waals surface area contributed by atoms with Crippen LogP contribution in [0, 0.1) is 0 Å². The van der Waals surface area contributed by atoms with Gasteiger partial charge in [-0.2, -0.15) is 0 Å². The number of hydrogen-bond donors (Lipinski definition) is 1. The van der Waals surface area contributed by atoms with E-state index in [1.54, 1.807) is 0 Å². The van der Waals surface area contributed by atoms with E-state index >= 15 is 0 Å². The summed E-state index contributed by atoms with van der Waals surface area (Å²) in [5, 5.41) is 10.2.